The highest BCUT2D eigenvalue weighted by molar-refractivity contribution is 5.53. The Morgan fingerprint density at radius 1 is 1.35 bits per heavy atom. The Morgan fingerprint density at radius 3 is 2.71 bits per heavy atom. The number of aromatic nitrogens is 1. The van der Waals surface area contributed by atoms with Crippen LogP contribution in [0.5, 0.6) is 0 Å². The number of ether oxygens (including phenoxy) is 1. The van der Waals surface area contributed by atoms with E-state index in [1.165, 1.54) is 6.92 Å². The van der Waals surface area contributed by atoms with Crippen LogP contribution in [0.2, 0.25) is 0 Å². The van der Waals surface area contributed by atoms with Gasteiger partial charge in [-0.15, -0.1) is 0 Å². The van der Waals surface area contributed by atoms with Crippen LogP contribution >= 0.6 is 0 Å². The van der Waals surface area contributed by atoms with Crippen molar-refractivity contribution < 1.29 is 13.5 Å². The van der Waals surface area contributed by atoms with E-state index in [1.807, 2.05) is 30.3 Å². The van der Waals surface area contributed by atoms with Crippen LogP contribution in [0.1, 0.15) is 18.4 Å². The van der Waals surface area contributed by atoms with Gasteiger partial charge in [-0.1, -0.05) is 18.2 Å². The first kappa shape index (κ1) is 11.8. The molecule has 0 saturated heterocycles. The lowest BCUT2D eigenvalue weighted by atomic mass is 10.2. The molecule has 0 fully saturated rings. The first-order chi connectivity index (χ1) is 8.16. The molecule has 1 heterocycles. The maximum atomic E-state index is 12.6. The van der Waals surface area contributed by atoms with Gasteiger partial charge in [0, 0.05) is 5.56 Å². The molecule has 0 saturated carbocycles. The van der Waals surface area contributed by atoms with E-state index >= 15 is 0 Å². The summed E-state index contributed by atoms with van der Waals surface area (Å²) in [7, 11) is 0. The Balaban J connectivity index is 2.19. The number of benzene rings is 1. The third kappa shape index (κ3) is 2.91. The molecule has 3 nitrogen and oxygen atoms in total. The van der Waals surface area contributed by atoms with E-state index in [-0.39, 0.29) is 6.61 Å². The Labute approximate surface area is 99.2 Å². The molecule has 0 aliphatic heterocycles. The number of oxazole rings is 1. The second kappa shape index (κ2) is 5.10. The van der Waals surface area contributed by atoms with Crippen molar-refractivity contribution in [3.8, 4) is 11.5 Å². The van der Waals surface area contributed by atoms with Crippen molar-refractivity contribution in [2.75, 3.05) is 0 Å². The molecule has 0 spiro atoms. The van der Waals surface area contributed by atoms with Crippen molar-refractivity contribution in [3.05, 3.63) is 41.8 Å². The van der Waals surface area contributed by atoms with Gasteiger partial charge < -0.3 is 9.15 Å². The second-order valence-electron chi connectivity index (χ2n) is 3.74. The minimum atomic E-state index is -1.30. The first-order valence-electron chi connectivity index (χ1n) is 5.44. The number of alkyl halides is 1. The van der Waals surface area contributed by atoms with Crippen molar-refractivity contribution in [2.45, 2.75) is 26.8 Å². The van der Waals surface area contributed by atoms with Crippen LogP contribution in [0.15, 0.2) is 34.7 Å². The normalized spacial score (nSPS) is 12.6. The maximum absolute atomic E-state index is 12.6. The highest BCUT2D eigenvalue weighted by atomic mass is 19.1. The van der Waals surface area contributed by atoms with E-state index in [1.54, 1.807) is 6.92 Å². The molecule has 90 valence electrons. The van der Waals surface area contributed by atoms with Crippen molar-refractivity contribution in [3.63, 3.8) is 0 Å². The van der Waals surface area contributed by atoms with Gasteiger partial charge in [-0.05, 0) is 26.0 Å². The molecule has 0 aliphatic carbocycles. The predicted molar refractivity (Wildman–Crippen MR) is 62.0 cm³/mol. The van der Waals surface area contributed by atoms with Gasteiger partial charge in [0.2, 0.25) is 5.89 Å². The molecule has 1 unspecified atom stereocenters. The summed E-state index contributed by atoms with van der Waals surface area (Å²) >= 11 is 0. The molecule has 17 heavy (non-hydrogen) atoms. The Morgan fingerprint density at radius 2 is 2.06 bits per heavy atom. The lowest BCUT2D eigenvalue weighted by Gasteiger charge is -2.01. The average molecular weight is 235 g/mol. The fourth-order valence-corrected chi connectivity index (χ4v) is 1.46. The summed E-state index contributed by atoms with van der Waals surface area (Å²) in [5.41, 5.74) is 1.53. The molecule has 0 aliphatic rings. The molecular weight excluding hydrogens is 221 g/mol. The molecular formula is C13H14FNO2. The van der Waals surface area contributed by atoms with Crippen LogP contribution in [-0.2, 0) is 11.3 Å². The number of halogens is 1. The molecule has 2 rings (SSSR count). The number of hydrogen-bond donors (Lipinski definition) is 0. The van der Waals surface area contributed by atoms with Crippen LogP contribution in [0, 0.1) is 6.92 Å². The topological polar surface area (TPSA) is 35.3 Å². The monoisotopic (exact) mass is 235 g/mol. The van der Waals surface area contributed by atoms with Crippen molar-refractivity contribution in [2.24, 2.45) is 0 Å². The lowest BCUT2D eigenvalue weighted by molar-refractivity contribution is -0.0364. The minimum Gasteiger partial charge on any atom is -0.441 e. The van der Waals surface area contributed by atoms with Crippen molar-refractivity contribution in [1.82, 2.24) is 4.98 Å². The lowest BCUT2D eigenvalue weighted by Crippen LogP contribution is -2.01. The van der Waals surface area contributed by atoms with Gasteiger partial charge in [-0.25, -0.2) is 9.37 Å². The van der Waals surface area contributed by atoms with Gasteiger partial charge >= 0.3 is 0 Å². The smallest absolute Gasteiger partial charge is 0.226 e. The van der Waals surface area contributed by atoms with E-state index in [0.717, 1.165) is 5.56 Å². The quantitative estimate of drug-likeness (QED) is 0.813. The summed E-state index contributed by atoms with van der Waals surface area (Å²) < 4.78 is 23.0. The van der Waals surface area contributed by atoms with E-state index < -0.39 is 6.36 Å². The zero-order valence-electron chi connectivity index (χ0n) is 9.81. The van der Waals surface area contributed by atoms with Gasteiger partial charge in [-0.3, -0.25) is 0 Å². The largest absolute Gasteiger partial charge is 0.441 e. The summed E-state index contributed by atoms with van der Waals surface area (Å²) in [6.45, 7) is 3.26. The number of aryl methyl sites for hydroxylation is 1. The van der Waals surface area contributed by atoms with E-state index in [2.05, 4.69) is 4.98 Å². The number of rotatable bonds is 4. The van der Waals surface area contributed by atoms with Crippen LogP contribution in [0.4, 0.5) is 4.39 Å². The van der Waals surface area contributed by atoms with Gasteiger partial charge in [0.1, 0.15) is 11.5 Å². The summed E-state index contributed by atoms with van der Waals surface area (Å²) in [5, 5.41) is 0. The third-order valence-corrected chi connectivity index (χ3v) is 2.36. The fraction of sp³-hybridized carbons (Fsp3) is 0.308. The highest BCUT2D eigenvalue weighted by Gasteiger charge is 2.12. The molecule has 1 aromatic carbocycles. The molecule has 0 N–H and O–H groups in total. The zero-order chi connectivity index (χ0) is 12.3. The van der Waals surface area contributed by atoms with Crippen LogP contribution < -0.4 is 0 Å². The average Bonchev–Trinajstić information content (AvgIpc) is 2.69. The molecule has 1 aromatic heterocycles. The van der Waals surface area contributed by atoms with Gasteiger partial charge in [-0.2, -0.15) is 0 Å². The van der Waals surface area contributed by atoms with E-state index in [0.29, 0.717) is 17.3 Å². The summed E-state index contributed by atoms with van der Waals surface area (Å²) in [6, 6.07) is 9.57. The summed E-state index contributed by atoms with van der Waals surface area (Å²) in [4.78, 5) is 4.29. The molecule has 0 radical (unpaired) electrons. The number of hydrogen-bond acceptors (Lipinski definition) is 3. The molecule has 0 amide bonds. The van der Waals surface area contributed by atoms with Gasteiger partial charge in [0.05, 0.1) is 6.61 Å². The van der Waals surface area contributed by atoms with Gasteiger partial charge in [0.25, 0.3) is 0 Å². The Kier molecular flexibility index (Phi) is 3.54. The van der Waals surface area contributed by atoms with Crippen LogP contribution in [-0.4, -0.2) is 11.3 Å². The maximum Gasteiger partial charge on any atom is 0.226 e. The molecule has 4 heteroatoms. The summed E-state index contributed by atoms with van der Waals surface area (Å²) in [5.74, 6) is 1.19. The zero-order valence-corrected chi connectivity index (χ0v) is 9.81. The standard InChI is InChI=1S/C13H14FNO2/c1-9-12(8-16-10(2)14)15-13(17-9)11-6-4-3-5-7-11/h3-7,10H,8H2,1-2H3. The molecule has 1 atom stereocenters. The molecule has 0 bridgehead atoms. The van der Waals surface area contributed by atoms with Crippen LogP contribution in [0.3, 0.4) is 0 Å². The Bertz CT molecular complexity index is 479. The number of nitrogens with zero attached hydrogens (tertiary/aromatic N) is 1. The van der Waals surface area contributed by atoms with E-state index in [9.17, 15) is 4.39 Å². The van der Waals surface area contributed by atoms with E-state index in [4.69, 9.17) is 9.15 Å². The van der Waals surface area contributed by atoms with Gasteiger partial charge in [0.15, 0.2) is 6.36 Å². The summed E-state index contributed by atoms with van der Waals surface area (Å²) in [6.07, 6.45) is -1.30. The molecule has 2 aromatic rings. The third-order valence-electron chi connectivity index (χ3n) is 2.36. The fourth-order valence-electron chi connectivity index (χ4n) is 1.46. The highest BCUT2D eigenvalue weighted by Crippen LogP contribution is 2.21. The minimum absolute atomic E-state index is 0.125. The SMILES string of the molecule is Cc1oc(-c2ccccc2)nc1COC(C)F. The van der Waals surface area contributed by atoms with Crippen LogP contribution in [0.25, 0.3) is 11.5 Å². The Hall–Kier alpha value is -1.68. The second-order valence-corrected chi connectivity index (χ2v) is 3.74. The first-order valence-corrected chi connectivity index (χ1v) is 5.44. The van der Waals surface area contributed by atoms with Crippen molar-refractivity contribution >= 4 is 0 Å². The van der Waals surface area contributed by atoms with Crippen molar-refractivity contribution in [1.29, 1.82) is 0 Å². The predicted octanol–water partition coefficient (Wildman–Crippen LogP) is 3.48.